The van der Waals surface area contributed by atoms with Crippen molar-refractivity contribution in [3.05, 3.63) is 81.5 Å². The zero-order chi connectivity index (χ0) is 19.9. The van der Waals surface area contributed by atoms with E-state index >= 15 is 0 Å². The molecule has 0 aliphatic heterocycles. The highest BCUT2D eigenvalue weighted by atomic mass is 16.3. The van der Waals surface area contributed by atoms with E-state index in [1.54, 1.807) is 10.7 Å². The number of aromatic nitrogens is 3. The number of phenolic OH excluding ortho intramolecular Hbond substituents is 1. The van der Waals surface area contributed by atoms with Crippen LogP contribution in [0.3, 0.4) is 0 Å². The molecule has 0 unspecified atom stereocenters. The van der Waals surface area contributed by atoms with Gasteiger partial charge in [-0.2, -0.15) is 5.10 Å². The third kappa shape index (κ3) is 5.12. The maximum absolute atomic E-state index is 12.8. The molecule has 5 heteroatoms. The third-order valence-corrected chi connectivity index (χ3v) is 4.93. The van der Waals surface area contributed by atoms with Crippen molar-refractivity contribution in [3.63, 3.8) is 0 Å². The van der Waals surface area contributed by atoms with Crippen molar-refractivity contribution in [2.75, 3.05) is 0 Å². The molecule has 0 saturated heterocycles. The number of nitrogens with zero attached hydrogens (tertiary/aromatic N) is 3. The van der Waals surface area contributed by atoms with Gasteiger partial charge in [0.1, 0.15) is 11.6 Å². The second kappa shape index (κ2) is 9.40. The number of hydrogen-bond acceptors (Lipinski definition) is 3. The van der Waals surface area contributed by atoms with Gasteiger partial charge in [-0.3, -0.25) is 4.57 Å². The Morgan fingerprint density at radius 2 is 1.75 bits per heavy atom. The molecule has 0 fully saturated rings. The molecule has 3 aromatic rings. The highest BCUT2D eigenvalue weighted by Gasteiger charge is 2.13. The Morgan fingerprint density at radius 1 is 1.00 bits per heavy atom. The number of aryl methyl sites for hydroxylation is 3. The van der Waals surface area contributed by atoms with Crippen LogP contribution >= 0.6 is 0 Å². The van der Waals surface area contributed by atoms with Crippen molar-refractivity contribution in [1.82, 2.24) is 14.3 Å². The van der Waals surface area contributed by atoms with Crippen LogP contribution in [0.4, 0.5) is 0 Å². The Hall–Kier alpha value is -2.82. The average Bonchev–Trinajstić information content (AvgIpc) is 2.96. The quantitative estimate of drug-likeness (QED) is 0.570. The van der Waals surface area contributed by atoms with E-state index in [4.69, 9.17) is 0 Å². The number of benzene rings is 2. The largest absolute Gasteiger partial charge is 0.508 e. The molecular formula is C23H29N3O2. The lowest BCUT2D eigenvalue weighted by atomic mass is 10.1. The average molecular weight is 380 g/mol. The van der Waals surface area contributed by atoms with Gasteiger partial charge in [0.25, 0.3) is 0 Å². The van der Waals surface area contributed by atoms with Crippen molar-refractivity contribution in [1.29, 1.82) is 0 Å². The predicted molar refractivity (Wildman–Crippen MR) is 112 cm³/mol. The van der Waals surface area contributed by atoms with E-state index in [0.717, 1.165) is 49.1 Å². The zero-order valence-electron chi connectivity index (χ0n) is 16.8. The lowest BCUT2D eigenvalue weighted by molar-refractivity contribution is 0.474. The summed E-state index contributed by atoms with van der Waals surface area (Å²) in [4.78, 5) is 12.8. The summed E-state index contributed by atoms with van der Waals surface area (Å²) in [6.07, 6.45) is 4.56. The van der Waals surface area contributed by atoms with Crippen molar-refractivity contribution < 1.29 is 5.11 Å². The Kier molecular flexibility index (Phi) is 6.69. The Balaban J connectivity index is 1.65. The zero-order valence-corrected chi connectivity index (χ0v) is 16.8. The summed E-state index contributed by atoms with van der Waals surface area (Å²) < 4.78 is 3.41. The van der Waals surface area contributed by atoms with E-state index < -0.39 is 0 Å². The molecule has 0 aliphatic carbocycles. The highest BCUT2D eigenvalue weighted by molar-refractivity contribution is 5.27. The molecule has 0 aliphatic rings. The van der Waals surface area contributed by atoms with Gasteiger partial charge in [-0.25, -0.2) is 9.48 Å². The van der Waals surface area contributed by atoms with Crippen molar-refractivity contribution >= 4 is 0 Å². The summed E-state index contributed by atoms with van der Waals surface area (Å²) in [7, 11) is 0. The van der Waals surface area contributed by atoms with E-state index in [0.29, 0.717) is 18.8 Å². The van der Waals surface area contributed by atoms with Crippen molar-refractivity contribution in [3.8, 4) is 5.75 Å². The molecule has 0 amide bonds. The predicted octanol–water partition coefficient (Wildman–Crippen LogP) is 4.08. The number of aromatic hydroxyl groups is 1. The first-order valence-electron chi connectivity index (χ1n) is 10.1. The van der Waals surface area contributed by atoms with Crippen LogP contribution in [0.2, 0.25) is 0 Å². The molecule has 0 saturated carbocycles. The first kappa shape index (κ1) is 19.9. The first-order chi connectivity index (χ1) is 13.6. The van der Waals surface area contributed by atoms with E-state index in [9.17, 15) is 9.90 Å². The van der Waals surface area contributed by atoms with E-state index in [1.807, 2.05) is 22.8 Å². The molecule has 1 aromatic heterocycles. The maximum atomic E-state index is 12.8. The van der Waals surface area contributed by atoms with Crippen LogP contribution in [0.25, 0.3) is 0 Å². The summed E-state index contributed by atoms with van der Waals surface area (Å²) in [5.74, 6) is 1.18. The van der Waals surface area contributed by atoms with Gasteiger partial charge in [-0.15, -0.1) is 0 Å². The van der Waals surface area contributed by atoms with E-state index in [1.165, 1.54) is 5.56 Å². The summed E-state index contributed by atoms with van der Waals surface area (Å²) in [5, 5.41) is 14.2. The number of phenols is 1. The van der Waals surface area contributed by atoms with Crippen LogP contribution in [-0.4, -0.2) is 19.5 Å². The van der Waals surface area contributed by atoms with Crippen LogP contribution in [0.1, 0.15) is 48.7 Å². The van der Waals surface area contributed by atoms with Crippen molar-refractivity contribution in [2.45, 2.75) is 59.0 Å². The lowest BCUT2D eigenvalue weighted by Crippen LogP contribution is -2.26. The minimum Gasteiger partial charge on any atom is -0.508 e. The molecule has 2 aromatic carbocycles. The molecule has 1 heterocycles. The number of unbranched alkanes of at least 4 members (excludes halogenated alkanes) is 1. The van der Waals surface area contributed by atoms with Crippen LogP contribution < -0.4 is 5.69 Å². The van der Waals surface area contributed by atoms with Crippen molar-refractivity contribution in [2.24, 2.45) is 0 Å². The minimum absolute atomic E-state index is 0.0228. The lowest BCUT2D eigenvalue weighted by Gasteiger charge is -2.04. The molecule has 0 radical (unpaired) electrons. The molecule has 0 spiro atoms. The van der Waals surface area contributed by atoms with Gasteiger partial charge < -0.3 is 5.11 Å². The molecular weight excluding hydrogens is 350 g/mol. The number of rotatable bonds is 9. The molecule has 3 rings (SSSR count). The molecule has 148 valence electrons. The summed E-state index contributed by atoms with van der Waals surface area (Å²) >= 11 is 0. The van der Waals surface area contributed by atoms with Gasteiger partial charge in [-0.05, 0) is 55.9 Å². The normalized spacial score (nSPS) is 11.1. The van der Waals surface area contributed by atoms with Gasteiger partial charge in [0, 0.05) is 13.0 Å². The molecule has 0 bridgehead atoms. The van der Waals surface area contributed by atoms with Crippen LogP contribution in [-0.2, 0) is 25.9 Å². The summed E-state index contributed by atoms with van der Waals surface area (Å²) in [6, 6.07) is 15.6. The summed E-state index contributed by atoms with van der Waals surface area (Å²) in [6.45, 7) is 5.34. The second-order valence-corrected chi connectivity index (χ2v) is 7.37. The number of hydrogen-bond donors (Lipinski definition) is 1. The van der Waals surface area contributed by atoms with Crippen LogP contribution in [0.5, 0.6) is 5.75 Å². The Bertz CT molecular complexity index is 955. The SMILES string of the molecule is CCCn1c(CCCCc2cccc(O)c2)nn(Cc2ccc(C)cc2)c1=O. The Morgan fingerprint density at radius 3 is 2.46 bits per heavy atom. The molecule has 0 atom stereocenters. The smallest absolute Gasteiger partial charge is 0.346 e. The highest BCUT2D eigenvalue weighted by Crippen LogP contribution is 2.14. The fraction of sp³-hybridized carbons (Fsp3) is 0.391. The van der Waals surface area contributed by atoms with E-state index in [2.05, 4.69) is 43.2 Å². The van der Waals surface area contributed by atoms with Crippen LogP contribution in [0.15, 0.2) is 53.3 Å². The fourth-order valence-electron chi connectivity index (χ4n) is 3.41. The molecule has 1 N–H and O–H groups in total. The second-order valence-electron chi connectivity index (χ2n) is 7.37. The minimum atomic E-state index is -0.0228. The summed E-state index contributed by atoms with van der Waals surface area (Å²) in [5.41, 5.74) is 3.41. The van der Waals surface area contributed by atoms with Gasteiger partial charge in [-0.1, -0.05) is 48.9 Å². The maximum Gasteiger partial charge on any atom is 0.346 e. The van der Waals surface area contributed by atoms with Crippen LogP contribution in [0, 0.1) is 6.92 Å². The van der Waals surface area contributed by atoms with Gasteiger partial charge >= 0.3 is 5.69 Å². The standard InChI is InChI=1S/C23H29N3O2/c1-3-15-25-22(10-5-4-7-19-8-6-9-21(27)16-19)24-26(23(25)28)17-20-13-11-18(2)12-14-20/h6,8-9,11-14,16,27H,3-5,7,10,15,17H2,1-2H3. The van der Waals surface area contributed by atoms with Gasteiger partial charge in [0.15, 0.2) is 0 Å². The molecule has 5 nitrogen and oxygen atoms in total. The monoisotopic (exact) mass is 379 g/mol. The van der Waals surface area contributed by atoms with E-state index in [-0.39, 0.29) is 5.69 Å². The first-order valence-corrected chi connectivity index (χ1v) is 10.1. The third-order valence-electron chi connectivity index (χ3n) is 4.93. The van der Waals surface area contributed by atoms with Gasteiger partial charge in [0.2, 0.25) is 0 Å². The Labute approximate surface area is 166 Å². The topological polar surface area (TPSA) is 60.0 Å². The fourth-order valence-corrected chi connectivity index (χ4v) is 3.41. The van der Waals surface area contributed by atoms with Gasteiger partial charge in [0.05, 0.1) is 6.54 Å². The molecule has 28 heavy (non-hydrogen) atoms.